The van der Waals surface area contributed by atoms with Crippen molar-refractivity contribution in [1.29, 1.82) is 0 Å². The molecular formula is C26H28O5. The molecule has 0 N–H and O–H groups in total. The Hall–Kier alpha value is -3.18. The molecule has 0 aliphatic heterocycles. The van der Waals surface area contributed by atoms with Crippen LogP contribution in [0.2, 0.25) is 0 Å². The largest absolute Gasteiger partial charge is 0.465 e. The topological polar surface area (TPSA) is 61.8 Å². The van der Waals surface area contributed by atoms with Crippen LogP contribution in [0, 0.1) is 5.92 Å². The highest BCUT2D eigenvalue weighted by molar-refractivity contribution is 5.93. The smallest absolute Gasteiger partial charge is 0.343 e. The first-order valence-corrected chi connectivity index (χ1v) is 10.2. The Balaban J connectivity index is 2.03. The molecule has 2 atom stereocenters. The summed E-state index contributed by atoms with van der Waals surface area (Å²) in [7, 11) is 2.83. The Morgan fingerprint density at radius 1 is 0.871 bits per heavy atom. The average Bonchev–Trinajstić information content (AvgIpc) is 2.80. The van der Waals surface area contributed by atoms with Crippen LogP contribution >= 0.6 is 0 Å². The summed E-state index contributed by atoms with van der Waals surface area (Å²) in [6, 6.07) is 20.6. The van der Waals surface area contributed by atoms with Crippen LogP contribution < -0.4 is 0 Å². The van der Waals surface area contributed by atoms with Crippen LogP contribution in [0.1, 0.15) is 48.4 Å². The summed E-state index contributed by atoms with van der Waals surface area (Å²) >= 11 is 0. The Morgan fingerprint density at radius 3 is 2.19 bits per heavy atom. The molecule has 0 aliphatic carbocycles. The number of hydrogen-bond donors (Lipinski definition) is 0. The number of rotatable bonds is 7. The highest BCUT2D eigenvalue weighted by atomic mass is 16.6. The number of methoxy groups -OCH3 is 2. The minimum atomic E-state index is -1.33. The molecule has 0 saturated heterocycles. The van der Waals surface area contributed by atoms with E-state index in [1.165, 1.54) is 14.2 Å². The van der Waals surface area contributed by atoms with Crippen molar-refractivity contribution in [3.8, 4) is 0 Å². The van der Waals surface area contributed by atoms with Gasteiger partial charge in [0.05, 0.1) is 12.7 Å². The number of carbonyl (C=O) groups is 2. The third-order valence-electron chi connectivity index (χ3n) is 5.61. The second kappa shape index (κ2) is 9.31. The lowest BCUT2D eigenvalue weighted by molar-refractivity contribution is -0.176. The predicted octanol–water partition coefficient (Wildman–Crippen LogP) is 5.43. The maximum atomic E-state index is 13.5. The highest BCUT2D eigenvalue weighted by Crippen LogP contribution is 2.36. The number of esters is 2. The van der Waals surface area contributed by atoms with Gasteiger partial charge in [-0.1, -0.05) is 74.5 Å². The first-order chi connectivity index (χ1) is 14.8. The third kappa shape index (κ3) is 4.32. The van der Waals surface area contributed by atoms with Gasteiger partial charge in [-0.25, -0.2) is 9.59 Å². The Bertz CT molecular complexity index is 1080. The summed E-state index contributed by atoms with van der Waals surface area (Å²) in [5.41, 5.74) is 0.380. The van der Waals surface area contributed by atoms with Gasteiger partial charge < -0.3 is 14.2 Å². The van der Waals surface area contributed by atoms with Crippen LogP contribution in [0.4, 0.5) is 0 Å². The van der Waals surface area contributed by atoms with E-state index in [4.69, 9.17) is 14.2 Å². The highest BCUT2D eigenvalue weighted by Gasteiger charge is 2.40. The molecule has 3 aromatic rings. The molecule has 0 radical (unpaired) electrons. The van der Waals surface area contributed by atoms with Gasteiger partial charge in [-0.2, -0.15) is 0 Å². The first-order valence-electron chi connectivity index (χ1n) is 10.2. The Morgan fingerprint density at radius 2 is 1.52 bits per heavy atom. The standard InChI is InChI=1S/C26H28O5/c1-17(2)23(20-14-8-9-15-21(20)24(27)29-4)31-25(28)26(3,30-5)22-16-10-12-18-11-6-7-13-19(18)22/h6-17,23H,1-5H3/t23?,26-/m0/s1. The fourth-order valence-electron chi connectivity index (χ4n) is 3.77. The van der Waals surface area contributed by atoms with E-state index in [0.717, 1.165) is 16.3 Å². The third-order valence-corrected chi connectivity index (χ3v) is 5.61. The maximum absolute atomic E-state index is 13.5. The van der Waals surface area contributed by atoms with Crippen molar-refractivity contribution in [3.05, 3.63) is 83.4 Å². The van der Waals surface area contributed by atoms with E-state index in [1.807, 2.05) is 62.4 Å². The van der Waals surface area contributed by atoms with E-state index in [9.17, 15) is 9.59 Å². The van der Waals surface area contributed by atoms with Crippen molar-refractivity contribution >= 4 is 22.7 Å². The normalized spacial score (nSPS) is 14.1. The van der Waals surface area contributed by atoms with Gasteiger partial charge in [0.1, 0.15) is 6.10 Å². The van der Waals surface area contributed by atoms with Crippen molar-refractivity contribution in [2.45, 2.75) is 32.5 Å². The van der Waals surface area contributed by atoms with Crippen LogP contribution in [0.15, 0.2) is 66.7 Å². The van der Waals surface area contributed by atoms with Crippen molar-refractivity contribution in [3.63, 3.8) is 0 Å². The molecule has 5 nitrogen and oxygen atoms in total. The Kier molecular flexibility index (Phi) is 6.76. The second-order valence-corrected chi connectivity index (χ2v) is 7.91. The quantitative estimate of drug-likeness (QED) is 0.477. The molecule has 1 unspecified atom stereocenters. The lowest BCUT2D eigenvalue weighted by atomic mass is 9.90. The second-order valence-electron chi connectivity index (χ2n) is 7.91. The monoisotopic (exact) mass is 420 g/mol. The van der Waals surface area contributed by atoms with Crippen LogP contribution in [0.25, 0.3) is 10.8 Å². The van der Waals surface area contributed by atoms with Gasteiger partial charge in [0, 0.05) is 18.2 Å². The number of hydrogen-bond acceptors (Lipinski definition) is 5. The number of carbonyl (C=O) groups excluding carboxylic acids is 2. The van der Waals surface area contributed by atoms with Gasteiger partial charge in [0.2, 0.25) is 0 Å². The molecule has 0 bridgehead atoms. The van der Waals surface area contributed by atoms with E-state index in [2.05, 4.69) is 0 Å². The predicted molar refractivity (Wildman–Crippen MR) is 120 cm³/mol. The van der Waals surface area contributed by atoms with E-state index < -0.39 is 23.6 Å². The van der Waals surface area contributed by atoms with Crippen molar-refractivity contribution < 1.29 is 23.8 Å². The number of benzene rings is 3. The van der Waals surface area contributed by atoms with Crippen LogP contribution in [-0.4, -0.2) is 26.2 Å². The molecule has 0 heterocycles. The fraction of sp³-hybridized carbons (Fsp3) is 0.308. The van der Waals surface area contributed by atoms with Gasteiger partial charge >= 0.3 is 11.9 Å². The zero-order valence-corrected chi connectivity index (χ0v) is 18.5. The van der Waals surface area contributed by atoms with Crippen LogP contribution in [-0.2, 0) is 24.6 Å². The molecule has 0 aliphatic rings. The van der Waals surface area contributed by atoms with Gasteiger partial charge in [-0.05, 0) is 29.7 Å². The molecule has 5 heteroatoms. The number of fused-ring (bicyclic) bond motifs is 1. The molecule has 31 heavy (non-hydrogen) atoms. The molecular weight excluding hydrogens is 392 g/mol. The summed E-state index contributed by atoms with van der Waals surface area (Å²) in [5, 5.41) is 1.93. The summed E-state index contributed by atoms with van der Waals surface area (Å²) < 4.78 is 16.7. The van der Waals surface area contributed by atoms with Crippen LogP contribution in [0.5, 0.6) is 0 Å². The van der Waals surface area contributed by atoms with E-state index in [0.29, 0.717) is 11.1 Å². The van der Waals surface area contributed by atoms with Gasteiger partial charge in [-0.3, -0.25) is 0 Å². The molecule has 162 valence electrons. The average molecular weight is 421 g/mol. The number of ether oxygens (including phenoxy) is 3. The summed E-state index contributed by atoms with van der Waals surface area (Å²) in [6.45, 7) is 5.59. The molecule has 3 rings (SSSR count). The van der Waals surface area contributed by atoms with Crippen molar-refractivity contribution in [2.24, 2.45) is 5.92 Å². The Labute approximate surface area is 182 Å². The fourth-order valence-corrected chi connectivity index (χ4v) is 3.77. The summed E-state index contributed by atoms with van der Waals surface area (Å²) in [6.07, 6.45) is -0.646. The molecule has 0 aromatic heterocycles. The molecule has 0 amide bonds. The molecule has 0 fully saturated rings. The minimum absolute atomic E-state index is 0.0802. The van der Waals surface area contributed by atoms with E-state index >= 15 is 0 Å². The molecule has 3 aromatic carbocycles. The minimum Gasteiger partial charge on any atom is -0.465 e. The lowest BCUT2D eigenvalue weighted by Gasteiger charge is -2.31. The van der Waals surface area contributed by atoms with E-state index in [1.54, 1.807) is 25.1 Å². The SMILES string of the molecule is COC(=O)c1ccccc1C(OC(=O)[C@@](C)(OC)c1cccc2ccccc12)C(C)C. The zero-order chi connectivity index (χ0) is 22.6. The first kappa shape index (κ1) is 22.5. The van der Waals surface area contributed by atoms with Crippen LogP contribution in [0.3, 0.4) is 0 Å². The van der Waals surface area contributed by atoms with Gasteiger partial charge in [0.15, 0.2) is 5.60 Å². The van der Waals surface area contributed by atoms with Gasteiger partial charge in [-0.15, -0.1) is 0 Å². The van der Waals surface area contributed by atoms with Crippen molar-refractivity contribution in [1.82, 2.24) is 0 Å². The van der Waals surface area contributed by atoms with Crippen molar-refractivity contribution in [2.75, 3.05) is 14.2 Å². The van der Waals surface area contributed by atoms with Gasteiger partial charge in [0.25, 0.3) is 0 Å². The lowest BCUT2D eigenvalue weighted by Crippen LogP contribution is -2.38. The summed E-state index contributed by atoms with van der Waals surface area (Å²) in [4.78, 5) is 25.8. The summed E-state index contributed by atoms with van der Waals surface area (Å²) in [5.74, 6) is -1.08. The van der Waals surface area contributed by atoms with E-state index in [-0.39, 0.29) is 5.92 Å². The maximum Gasteiger partial charge on any atom is 0.343 e. The zero-order valence-electron chi connectivity index (χ0n) is 18.5. The molecule has 0 saturated carbocycles. The molecule has 0 spiro atoms.